The molecular formula is C15H24N2O2. The third kappa shape index (κ3) is 3.39. The number of anilines is 2. The van der Waals surface area contributed by atoms with Crippen LogP contribution < -0.4 is 10.2 Å². The molecule has 1 heterocycles. The van der Waals surface area contributed by atoms with Gasteiger partial charge in [0.25, 0.3) is 0 Å². The maximum Gasteiger partial charge on any atom is 0.176 e. The summed E-state index contributed by atoms with van der Waals surface area (Å²) in [4.78, 5) is 2.43. The molecule has 0 aliphatic carbocycles. The summed E-state index contributed by atoms with van der Waals surface area (Å²) in [7, 11) is 3.33. The Morgan fingerprint density at radius 3 is 2.37 bits per heavy atom. The SMILES string of the molecule is COC(OC)C(C)Nc1ccccc1N1CCCC1. The zero-order chi connectivity index (χ0) is 13.7. The van der Waals surface area contributed by atoms with Gasteiger partial charge in [-0.2, -0.15) is 0 Å². The Morgan fingerprint density at radius 2 is 1.74 bits per heavy atom. The molecule has 1 aliphatic rings. The number of rotatable bonds is 6. The third-order valence-corrected chi connectivity index (χ3v) is 3.61. The van der Waals surface area contributed by atoms with E-state index in [0.29, 0.717) is 0 Å². The van der Waals surface area contributed by atoms with Crippen LogP contribution >= 0.6 is 0 Å². The lowest BCUT2D eigenvalue weighted by molar-refractivity contribution is -0.109. The number of nitrogens with zero attached hydrogens (tertiary/aromatic N) is 1. The van der Waals surface area contributed by atoms with Crippen molar-refractivity contribution in [3.63, 3.8) is 0 Å². The van der Waals surface area contributed by atoms with Gasteiger partial charge >= 0.3 is 0 Å². The van der Waals surface area contributed by atoms with E-state index in [4.69, 9.17) is 9.47 Å². The lowest BCUT2D eigenvalue weighted by Crippen LogP contribution is -2.34. The van der Waals surface area contributed by atoms with Crippen molar-refractivity contribution in [2.45, 2.75) is 32.1 Å². The summed E-state index contributed by atoms with van der Waals surface area (Å²) < 4.78 is 10.6. The minimum Gasteiger partial charge on any atom is -0.376 e. The fourth-order valence-corrected chi connectivity index (χ4v) is 2.65. The Morgan fingerprint density at radius 1 is 1.11 bits per heavy atom. The normalized spacial score (nSPS) is 16.9. The van der Waals surface area contributed by atoms with Crippen LogP contribution in [0.25, 0.3) is 0 Å². The van der Waals surface area contributed by atoms with Crippen LogP contribution in [0.4, 0.5) is 11.4 Å². The zero-order valence-corrected chi connectivity index (χ0v) is 12.1. The van der Waals surface area contributed by atoms with Crippen molar-refractivity contribution in [1.82, 2.24) is 0 Å². The van der Waals surface area contributed by atoms with Crippen molar-refractivity contribution in [1.29, 1.82) is 0 Å². The van der Waals surface area contributed by atoms with Crippen molar-refractivity contribution in [3.8, 4) is 0 Å². The van der Waals surface area contributed by atoms with E-state index in [2.05, 4.69) is 41.4 Å². The van der Waals surface area contributed by atoms with Gasteiger partial charge in [0.05, 0.1) is 17.4 Å². The van der Waals surface area contributed by atoms with Crippen molar-refractivity contribution in [2.75, 3.05) is 37.5 Å². The topological polar surface area (TPSA) is 33.7 Å². The molecule has 0 aromatic heterocycles. The maximum absolute atomic E-state index is 5.30. The average molecular weight is 264 g/mol. The summed E-state index contributed by atoms with van der Waals surface area (Å²) in [5.41, 5.74) is 2.42. The third-order valence-electron chi connectivity index (χ3n) is 3.61. The first kappa shape index (κ1) is 14.2. The highest BCUT2D eigenvalue weighted by Crippen LogP contribution is 2.29. The number of nitrogens with one attached hydrogen (secondary N) is 1. The van der Waals surface area contributed by atoms with Crippen LogP contribution in [0.3, 0.4) is 0 Å². The van der Waals surface area contributed by atoms with Gasteiger partial charge in [-0.05, 0) is 31.9 Å². The summed E-state index contributed by atoms with van der Waals surface area (Å²) in [6.07, 6.45) is 2.32. The maximum atomic E-state index is 5.30. The second kappa shape index (κ2) is 6.78. The van der Waals surface area contributed by atoms with Gasteiger partial charge in [-0.25, -0.2) is 0 Å². The molecule has 0 amide bonds. The van der Waals surface area contributed by atoms with E-state index >= 15 is 0 Å². The van der Waals surface area contributed by atoms with E-state index in [0.717, 1.165) is 18.8 Å². The number of hydrogen-bond donors (Lipinski definition) is 1. The summed E-state index contributed by atoms with van der Waals surface area (Å²) >= 11 is 0. The first-order valence-corrected chi connectivity index (χ1v) is 6.92. The predicted molar refractivity (Wildman–Crippen MR) is 78.8 cm³/mol. The Balaban J connectivity index is 2.11. The molecule has 2 rings (SSSR count). The molecule has 1 saturated heterocycles. The van der Waals surface area contributed by atoms with Crippen LogP contribution in [-0.2, 0) is 9.47 Å². The van der Waals surface area contributed by atoms with Crippen LogP contribution in [0, 0.1) is 0 Å². The molecule has 1 aromatic rings. The second-order valence-corrected chi connectivity index (χ2v) is 4.98. The van der Waals surface area contributed by atoms with Gasteiger partial charge in [0, 0.05) is 27.3 Å². The Labute approximate surface area is 115 Å². The molecule has 1 unspecified atom stereocenters. The van der Waals surface area contributed by atoms with Crippen LogP contribution in [0.2, 0.25) is 0 Å². The van der Waals surface area contributed by atoms with Crippen LogP contribution in [0.15, 0.2) is 24.3 Å². The molecule has 0 bridgehead atoms. The Kier molecular flexibility index (Phi) is 5.05. The fourth-order valence-electron chi connectivity index (χ4n) is 2.65. The molecule has 4 nitrogen and oxygen atoms in total. The molecule has 1 N–H and O–H groups in total. The summed E-state index contributed by atoms with van der Waals surface area (Å²) in [6, 6.07) is 8.54. The predicted octanol–water partition coefficient (Wildman–Crippen LogP) is 2.71. The summed E-state index contributed by atoms with van der Waals surface area (Å²) in [5.74, 6) is 0. The molecule has 106 valence electrons. The van der Waals surface area contributed by atoms with E-state index in [1.54, 1.807) is 14.2 Å². The molecule has 0 radical (unpaired) electrons. The van der Waals surface area contributed by atoms with Gasteiger partial charge < -0.3 is 19.7 Å². The van der Waals surface area contributed by atoms with E-state index in [1.807, 2.05) is 0 Å². The highest BCUT2D eigenvalue weighted by atomic mass is 16.7. The monoisotopic (exact) mass is 264 g/mol. The van der Waals surface area contributed by atoms with Crippen molar-refractivity contribution < 1.29 is 9.47 Å². The molecule has 4 heteroatoms. The molecule has 0 saturated carbocycles. The van der Waals surface area contributed by atoms with Gasteiger partial charge in [-0.3, -0.25) is 0 Å². The Bertz CT molecular complexity index is 387. The lowest BCUT2D eigenvalue weighted by atomic mass is 10.2. The van der Waals surface area contributed by atoms with Gasteiger partial charge in [0.1, 0.15) is 0 Å². The quantitative estimate of drug-likeness (QED) is 0.801. The lowest BCUT2D eigenvalue weighted by Gasteiger charge is -2.27. The first-order chi connectivity index (χ1) is 9.26. The van der Waals surface area contributed by atoms with Gasteiger partial charge in [-0.1, -0.05) is 12.1 Å². The number of hydrogen-bond acceptors (Lipinski definition) is 4. The highest BCUT2D eigenvalue weighted by Gasteiger charge is 2.19. The minimum atomic E-state index is -0.244. The average Bonchev–Trinajstić information content (AvgIpc) is 2.94. The number of ether oxygens (including phenoxy) is 2. The van der Waals surface area contributed by atoms with E-state index < -0.39 is 0 Å². The summed E-state index contributed by atoms with van der Waals surface area (Å²) in [5, 5.41) is 3.50. The van der Waals surface area contributed by atoms with E-state index in [1.165, 1.54) is 18.5 Å². The largest absolute Gasteiger partial charge is 0.376 e. The fraction of sp³-hybridized carbons (Fsp3) is 0.600. The van der Waals surface area contributed by atoms with Crippen molar-refractivity contribution >= 4 is 11.4 Å². The van der Waals surface area contributed by atoms with Gasteiger partial charge in [0.15, 0.2) is 6.29 Å². The van der Waals surface area contributed by atoms with Gasteiger partial charge in [0.2, 0.25) is 0 Å². The van der Waals surface area contributed by atoms with Crippen LogP contribution in [0.5, 0.6) is 0 Å². The Hall–Kier alpha value is -1.26. The number of methoxy groups -OCH3 is 2. The first-order valence-electron chi connectivity index (χ1n) is 6.92. The smallest absolute Gasteiger partial charge is 0.176 e. The molecule has 1 aromatic carbocycles. The number of para-hydroxylation sites is 2. The molecule has 1 fully saturated rings. The second-order valence-electron chi connectivity index (χ2n) is 4.98. The van der Waals surface area contributed by atoms with E-state index in [-0.39, 0.29) is 12.3 Å². The minimum absolute atomic E-state index is 0.0961. The van der Waals surface area contributed by atoms with Crippen molar-refractivity contribution in [2.24, 2.45) is 0 Å². The zero-order valence-electron chi connectivity index (χ0n) is 12.1. The molecule has 0 spiro atoms. The molecule has 1 atom stereocenters. The summed E-state index contributed by atoms with van der Waals surface area (Å²) in [6.45, 7) is 4.36. The number of benzene rings is 1. The van der Waals surface area contributed by atoms with Crippen LogP contribution in [0.1, 0.15) is 19.8 Å². The molecule has 19 heavy (non-hydrogen) atoms. The molecular weight excluding hydrogens is 240 g/mol. The highest BCUT2D eigenvalue weighted by molar-refractivity contribution is 5.70. The standard InChI is InChI=1S/C15H24N2O2/c1-12(15(18-2)19-3)16-13-8-4-5-9-14(13)17-10-6-7-11-17/h4-5,8-9,12,15-16H,6-7,10-11H2,1-3H3. The molecule has 1 aliphatic heterocycles. The van der Waals surface area contributed by atoms with Crippen molar-refractivity contribution in [3.05, 3.63) is 24.3 Å². The van der Waals surface area contributed by atoms with Gasteiger partial charge in [-0.15, -0.1) is 0 Å². The van der Waals surface area contributed by atoms with Crippen LogP contribution in [-0.4, -0.2) is 39.6 Å². The van der Waals surface area contributed by atoms with E-state index in [9.17, 15) is 0 Å².